The summed E-state index contributed by atoms with van der Waals surface area (Å²) in [6.07, 6.45) is 4.55. The van der Waals surface area contributed by atoms with Crippen LogP contribution in [0.2, 0.25) is 0 Å². The van der Waals surface area contributed by atoms with Crippen LogP contribution in [0.15, 0.2) is 18.2 Å². The molecule has 20 heavy (non-hydrogen) atoms. The van der Waals surface area contributed by atoms with Gasteiger partial charge in [0.2, 0.25) is 0 Å². The molecule has 0 aromatic heterocycles. The molecule has 1 N–H and O–H groups in total. The number of aryl methyl sites for hydroxylation is 1. The molecule has 1 aliphatic carbocycles. The summed E-state index contributed by atoms with van der Waals surface area (Å²) in [5.74, 6) is 0.970. The molecule has 0 aliphatic heterocycles. The van der Waals surface area contributed by atoms with Crippen LogP contribution in [0, 0.1) is 0 Å². The van der Waals surface area contributed by atoms with Gasteiger partial charge in [-0.25, -0.2) is 0 Å². The molecule has 1 aromatic carbocycles. The molecular formula is C17H27NO2. The molecule has 0 spiro atoms. The lowest BCUT2D eigenvalue weighted by Crippen LogP contribution is -2.25. The zero-order valence-corrected chi connectivity index (χ0v) is 13.2. The van der Waals surface area contributed by atoms with E-state index in [1.165, 1.54) is 30.4 Å². The maximum Gasteiger partial charge on any atom is 0.119 e. The first-order valence-electron chi connectivity index (χ1n) is 7.54. The second-order valence-electron chi connectivity index (χ2n) is 6.16. The van der Waals surface area contributed by atoms with Crippen molar-refractivity contribution in [2.75, 3.05) is 20.8 Å². The van der Waals surface area contributed by atoms with E-state index < -0.39 is 0 Å². The standard InChI is InChI=1S/C17H27NO2/c1-17(2,19-4)10-11-20-14-9-8-13-6-5-7-16(18-3)15(13)12-14/h8-9,12,16,18H,5-7,10-11H2,1-4H3. The van der Waals surface area contributed by atoms with Crippen molar-refractivity contribution < 1.29 is 9.47 Å². The molecule has 0 radical (unpaired) electrons. The van der Waals surface area contributed by atoms with Crippen LogP contribution in [0.4, 0.5) is 0 Å². The maximum absolute atomic E-state index is 5.89. The molecule has 0 bridgehead atoms. The fourth-order valence-corrected chi connectivity index (χ4v) is 2.68. The summed E-state index contributed by atoms with van der Waals surface area (Å²) in [4.78, 5) is 0. The van der Waals surface area contributed by atoms with E-state index in [1.54, 1.807) is 7.11 Å². The van der Waals surface area contributed by atoms with Gasteiger partial charge in [0.1, 0.15) is 5.75 Å². The van der Waals surface area contributed by atoms with Gasteiger partial charge in [-0.2, -0.15) is 0 Å². The van der Waals surface area contributed by atoms with Crippen molar-refractivity contribution in [3.8, 4) is 5.75 Å². The smallest absolute Gasteiger partial charge is 0.119 e. The second-order valence-corrected chi connectivity index (χ2v) is 6.16. The topological polar surface area (TPSA) is 30.5 Å². The van der Waals surface area contributed by atoms with Crippen molar-refractivity contribution in [3.63, 3.8) is 0 Å². The number of ether oxygens (including phenoxy) is 2. The van der Waals surface area contributed by atoms with Gasteiger partial charge < -0.3 is 14.8 Å². The molecule has 0 heterocycles. The van der Waals surface area contributed by atoms with E-state index in [4.69, 9.17) is 9.47 Å². The lowest BCUT2D eigenvalue weighted by atomic mass is 9.87. The number of rotatable bonds is 6. The number of fused-ring (bicyclic) bond motifs is 1. The molecule has 3 nitrogen and oxygen atoms in total. The van der Waals surface area contributed by atoms with Crippen molar-refractivity contribution >= 4 is 0 Å². The molecule has 0 fully saturated rings. The summed E-state index contributed by atoms with van der Waals surface area (Å²) in [6, 6.07) is 6.99. The van der Waals surface area contributed by atoms with E-state index in [0.29, 0.717) is 12.6 Å². The minimum atomic E-state index is -0.123. The SMILES string of the molecule is CNC1CCCc2ccc(OCCC(C)(C)OC)cc21. The van der Waals surface area contributed by atoms with E-state index in [-0.39, 0.29) is 5.60 Å². The summed E-state index contributed by atoms with van der Waals surface area (Å²) >= 11 is 0. The highest BCUT2D eigenvalue weighted by molar-refractivity contribution is 5.39. The highest BCUT2D eigenvalue weighted by Crippen LogP contribution is 2.32. The zero-order valence-electron chi connectivity index (χ0n) is 13.2. The van der Waals surface area contributed by atoms with Crippen molar-refractivity contribution in [1.29, 1.82) is 0 Å². The number of hydrogen-bond acceptors (Lipinski definition) is 3. The lowest BCUT2D eigenvalue weighted by Gasteiger charge is -2.26. The first-order chi connectivity index (χ1) is 9.55. The van der Waals surface area contributed by atoms with Gasteiger partial charge in [-0.3, -0.25) is 0 Å². The van der Waals surface area contributed by atoms with Crippen LogP contribution in [0.25, 0.3) is 0 Å². The van der Waals surface area contributed by atoms with Gasteiger partial charge >= 0.3 is 0 Å². The molecule has 112 valence electrons. The Morgan fingerprint density at radius 1 is 1.35 bits per heavy atom. The first-order valence-corrected chi connectivity index (χ1v) is 7.54. The van der Waals surface area contributed by atoms with E-state index >= 15 is 0 Å². The van der Waals surface area contributed by atoms with E-state index in [9.17, 15) is 0 Å². The Balaban J connectivity index is 2.00. The Morgan fingerprint density at radius 3 is 2.85 bits per heavy atom. The molecular weight excluding hydrogens is 250 g/mol. The predicted molar refractivity (Wildman–Crippen MR) is 82.4 cm³/mol. The Kier molecular flexibility index (Phi) is 5.06. The van der Waals surface area contributed by atoms with Crippen LogP contribution in [-0.2, 0) is 11.2 Å². The third kappa shape index (κ3) is 3.74. The Labute approximate surface area is 122 Å². The monoisotopic (exact) mass is 277 g/mol. The van der Waals surface area contributed by atoms with Crippen molar-refractivity contribution in [3.05, 3.63) is 29.3 Å². The van der Waals surface area contributed by atoms with Crippen LogP contribution in [0.3, 0.4) is 0 Å². The van der Waals surface area contributed by atoms with Gasteiger partial charge in [0.15, 0.2) is 0 Å². The third-order valence-corrected chi connectivity index (χ3v) is 4.31. The minimum absolute atomic E-state index is 0.123. The van der Waals surface area contributed by atoms with E-state index in [2.05, 4.69) is 37.4 Å². The van der Waals surface area contributed by atoms with E-state index in [1.807, 2.05) is 7.05 Å². The fraction of sp³-hybridized carbons (Fsp3) is 0.647. The van der Waals surface area contributed by atoms with Crippen LogP contribution < -0.4 is 10.1 Å². The molecule has 0 saturated carbocycles. The molecule has 0 amide bonds. The molecule has 3 heteroatoms. The first kappa shape index (κ1) is 15.3. The average Bonchev–Trinajstić information content (AvgIpc) is 2.46. The summed E-state index contributed by atoms with van der Waals surface area (Å²) in [7, 11) is 3.78. The summed E-state index contributed by atoms with van der Waals surface area (Å²) in [6.45, 7) is 4.85. The van der Waals surface area contributed by atoms with Crippen molar-refractivity contribution in [1.82, 2.24) is 5.32 Å². The Morgan fingerprint density at radius 2 is 2.15 bits per heavy atom. The fourth-order valence-electron chi connectivity index (χ4n) is 2.68. The molecule has 1 aliphatic rings. The molecule has 1 atom stereocenters. The number of nitrogens with one attached hydrogen (secondary N) is 1. The van der Waals surface area contributed by atoms with Crippen LogP contribution >= 0.6 is 0 Å². The van der Waals surface area contributed by atoms with E-state index in [0.717, 1.165) is 12.2 Å². The largest absolute Gasteiger partial charge is 0.493 e. The van der Waals surface area contributed by atoms with Gasteiger partial charge in [-0.1, -0.05) is 6.07 Å². The Bertz CT molecular complexity index is 443. The number of benzene rings is 1. The molecule has 1 aromatic rings. The average molecular weight is 277 g/mol. The van der Waals surface area contributed by atoms with Gasteiger partial charge in [0.05, 0.1) is 12.2 Å². The summed E-state index contributed by atoms with van der Waals surface area (Å²) < 4.78 is 11.3. The minimum Gasteiger partial charge on any atom is -0.493 e. The van der Waals surface area contributed by atoms with Gasteiger partial charge in [-0.05, 0) is 63.4 Å². The lowest BCUT2D eigenvalue weighted by molar-refractivity contribution is 0.00544. The van der Waals surface area contributed by atoms with Crippen LogP contribution in [-0.4, -0.2) is 26.4 Å². The summed E-state index contributed by atoms with van der Waals surface area (Å²) in [5.41, 5.74) is 2.74. The normalized spacial score (nSPS) is 18.7. The number of hydrogen-bond donors (Lipinski definition) is 1. The van der Waals surface area contributed by atoms with Crippen LogP contribution in [0.5, 0.6) is 5.75 Å². The molecule has 2 rings (SSSR count). The van der Waals surface area contributed by atoms with Gasteiger partial charge in [0.25, 0.3) is 0 Å². The zero-order chi connectivity index (χ0) is 14.6. The van der Waals surface area contributed by atoms with Crippen molar-refractivity contribution in [2.45, 2.75) is 51.2 Å². The highest BCUT2D eigenvalue weighted by atomic mass is 16.5. The predicted octanol–water partition coefficient (Wildman–Crippen LogP) is 3.48. The van der Waals surface area contributed by atoms with Gasteiger partial charge in [0, 0.05) is 19.6 Å². The maximum atomic E-state index is 5.89. The van der Waals surface area contributed by atoms with Crippen LogP contribution in [0.1, 0.15) is 50.3 Å². The third-order valence-electron chi connectivity index (χ3n) is 4.31. The highest BCUT2D eigenvalue weighted by Gasteiger charge is 2.20. The van der Waals surface area contributed by atoms with Gasteiger partial charge in [-0.15, -0.1) is 0 Å². The number of methoxy groups -OCH3 is 1. The molecule has 0 saturated heterocycles. The quantitative estimate of drug-likeness (QED) is 0.863. The summed E-state index contributed by atoms with van der Waals surface area (Å²) in [5, 5.41) is 3.40. The Hall–Kier alpha value is -1.06. The molecule has 1 unspecified atom stereocenters. The second kappa shape index (κ2) is 6.59. The van der Waals surface area contributed by atoms with Crippen molar-refractivity contribution in [2.24, 2.45) is 0 Å².